The smallest absolute Gasteiger partial charge is 0.266 e. The van der Waals surface area contributed by atoms with Crippen molar-refractivity contribution in [2.75, 3.05) is 26.9 Å². The molecule has 1 atom stereocenters. The normalized spacial score (nSPS) is 21.7. The molecule has 0 bridgehead atoms. The molecule has 140 valence electrons. The van der Waals surface area contributed by atoms with Crippen LogP contribution in [0, 0.1) is 6.92 Å². The molecule has 0 spiro atoms. The lowest BCUT2D eigenvalue weighted by molar-refractivity contribution is -0.123. The molecule has 0 radical (unpaired) electrons. The topological polar surface area (TPSA) is 48.0 Å². The van der Waals surface area contributed by atoms with Gasteiger partial charge in [0, 0.05) is 6.61 Å². The van der Waals surface area contributed by atoms with Crippen LogP contribution < -0.4 is 9.47 Å². The first-order chi connectivity index (χ1) is 12.5. The van der Waals surface area contributed by atoms with Crippen molar-refractivity contribution in [3.63, 3.8) is 0 Å². The third-order valence-corrected chi connectivity index (χ3v) is 5.80. The number of methoxy groups -OCH3 is 1. The van der Waals surface area contributed by atoms with Gasteiger partial charge in [0.2, 0.25) is 0 Å². The van der Waals surface area contributed by atoms with Gasteiger partial charge in [0.1, 0.15) is 4.32 Å². The van der Waals surface area contributed by atoms with Crippen molar-refractivity contribution < 1.29 is 19.0 Å². The van der Waals surface area contributed by atoms with E-state index in [0.717, 1.165) is 30.6 Å². The number of hydrogen-bond donors (Lipinski definition) is 0. The minimum Gasteiger partial charge on any atom is -0.493 e. The molecular weight excluding hydrogens is 370 g/mol. The maximum Gasteiger partial charge on any atom is 0.266 e. The summed E-state index contributed by atoms with van der Waals surface area (Å²) >= 11 is 6.75. The molecule has 2 aliphatic heterocycles. The molecule has 0 aliphatic carbocycles. The fourth-order valence-electron chi connectivity index (χ4n) is 3.05. The van der Waals surface area contributed by atoms with E-state index in [1.54, 1.807) is 12.0 Å². The van der Waals surface area contributed by atoms with Crippen LogP contribution in [-0.4, -0.2) is 48.1 Å². The van der Waals surface area contributed by atoms with Crippen LogP contribution in [0.4, 0.5) is 0 Å². The number of rotatable bonds is 6. The quantitative estimate of drug-likeness (QED) is 0.541. The van der Waals surface area contributed by atoms with Crippen molar-refractivity contribution in [3.05, 3.63) is 28.2 Å². The minimum absolute atomic E-state index is 0.0522. The van der Waals surface area contributed by atoms with E-state index < -0.39 is 0 Å². The highest BCUT2D eigenvalue weighted by molar-refractivity contribution is 8.26. The Morgan fingerprint density at radius 3 is 2.88 bits per heavy atom. The Kier molecular flexibility index (Phi) is 6.21. The zero-order chi connectivity index (χ0) is 18.7. The Hall–Kier alpha value is -1.57. The number of thiocarbonyl (C=S) groups is 1. The Labute approximate surface area is 163 Å². The van der Waals surface area contributed by atoms with E-state index in [4.69, 9.17) is 26.4 Å². The Balaban J connectivity index is 1.84. The van der Waals surface area contributed by atoms with Gasteiger partial charge in [-0.25, -0.2) is 0 Å². The molecule has 1 aromatic rings. The lowest BCUT2D eigenvalue weighted by Crippen LogP contribution is -2.35. The van der Waals surface area contributed by atoms with Crippen molar-refractivity contribution in [3.8, 4) is 11.5 Å². The molecule has 1 aromatic carbocycles. The lowest BCUT2D eigenvalue weighted by Gasteiger charge is -2.18. The molecule has 0 aromatic heterocycles. The molecular formula is C19H23NO4S2. The first-order valence-corrected chi connectivity index (χ1v) is 9.94. The van der Waals surface area contributed by atoms with Crippen LogP contribution in [0.3, 0.4) is 0 Å². The monoisotopic (exact) mass is 393 g/mol. The van der Waals surface area contributed by atoms with Gasteiger partial charge in [0.15, 0.2) is 11.5 Å². The SMILES string of the molecule is CCOc1cc(/C=C2\SC(=S)N(C[C@H]3CCCO3)C2=O)c(C)cc1OC. The van der Waals surface area contributed by atoms with E-state index in [2.05, 4.69) is 0 Å². The molecule has 3 rings (SSSR count). The number of hydrogen-bond acceptors (Lipinski definition) is 6. The van der Waals surface area contributed by atoms with Gasteiger partial charge in [-0.05, 0) is 56.0 Å². The zero-order valence-corrected chi connectivity index (χ0v) is 16.9. The fourth-order valence-corrected chi connectivity index (χ4v) is 4.32. The van der Waals surface area contributed by atoms with Crippen molar-refractivity contribution in [2.24, 2.45) is 0 Å². The lowest BCUT2D eigenvalue weighted by atomic mass is 10.1. The molecule has 2 fully saturated rings. The van der Waals surface area contributed by atoms with Crippen LogP contribution >= 0.6 is 24.0 Å². The zero-order valence-electron chi connectivity index (χ0n) is 15.2. The Bertz CT molecular complexity index is 741. The summed E-state index contributed by atoms with van der Waals surface area (Å²) in [4.78, 5) is 15.1. The maximum absolute atomic E-state index is 12.8. The number of thioether (sulfide) groups is 1. The van der Waals surface area contributed by atoms with Crippen LogP contribution in [0.1, 0.15) is 30.9 Å². The van der Waals surface area contributed by atoms with Gasteiger partial charge in [-0.3, -0.25) is 9.69 Å². The number of carbonyl (C=O) groups is 1. The molecule has 1 amide bonds. The van der Waals surface area contributed by atoms with Gasteiger partial charge >= 0.3 is 0 Å². The maximum atomic E-state index is 12.8. The van der Waals surface area contributed by atoms with Crippen LogP contribution in [0.15, 0.2) is 17.0 Å². The second kappa shape index (κ2) is 8.41. The molecule has 2 heterocycles. The predicted octanol–water partition coefficient (Wildman–Crippen LogP) is 3.78. The Morgan fingerprint density at radius 2 is 2.23 bits per heavy atom. The summed E-state index contributed by atoms with van der Waals surface area (Å²) in [5.74, 6) is 1.30. The van der Waals surface area contributed by atoms with E-state index in [-0.39, 0.29) is 12.0 Å². The highest BCUT2D eigenvalue weighted by Crippen LogP contribution is 2.36. The van der Waals surface area contributed by atoms with Crippen molar-refractivity contribution in [1.82, 2.24) is 4.90 Å². The average molecular weight is 394 g/mol. The molecule has 5 nitrogen and oxygen atoms in total. The summed E-state index contributed by atoms with van der Waals surface area (Å²) in [6.45, 7) is 5.75. The summed E-state index contributed by atoms with van der Waals surface area (Å²) in [5.41, 5.74) is 1.93. The molecule has 7 heteroatoms. The minimum atomic E-state index is -0.0522. The van der Waals surface area contributed by atoms with Gasteiger partial charge in [0.05, 0.1) is 31.3 Å². The molecule has 0 N–H and O–H groups in total. The largest absolute Gasteiger partial charge is 0.493 e. The van der Waals surface area contributed by atoms with E-state index in [9.17, 15) is 4.79 Å². The number of aryl methyl sites for hydroxylation is 1. The van der Waals surface area contributed by atoms with Crippen molar-refractivity contribution in [1.29, 1.82) is 0 Å². The van der Waals surface area contributed by atoms with Crippen LogP contribution in [0.2, 0.25) is 0 Å². The first kappa shape index (κ1) is 19.2. The predicted molar refractivity (Wildman–Crippen MR) is 108 cm³/mol. The highest BCUT2D eigenvalue weighted by Gasteiger charge is 2.34. The molecule has 0 unspecified atom stereocenters. The standard InChI is InChI=1S/C19H23NO4S2/c1-4-23-16-9-13(12(2)8-15(16)22-3)10-17-18(21)20(19(25)26-17)11-14-6-5-7-24-14/h8-10,14H,4-7,11H2,1-3H3/b17-10-/t14-/m1/s1. The number of carbonyl (C=O) groups excluding carboxylic acids is 1. The summed E-state index contributed by atoms with van der Waals surface area (Å²) in [6.07, 6.45) is 3.99. The van der Waals surface area contributed by atoms with E-state index >= 15 is 0 Å². The van der Waals surface area contributed by atoms with E-state index in [1.807, 2.05) is 32.1 Å². The highest BCUT2D eigenvalue weighted by atomic mass is 32.2. The number of nitrogens with zero attached hydrogens (tertiary/aromatic N) is 1. The Morgan fingerprint density at radius 1 is 1.42 bits per heavy atom. The van der Waals surface area contributed by atoms with Crippen LogP contribution in [-0.2, 0) is 9.53 Å². The third-order valence-electron chi connectivity index (χ3n) is 4.42. The second-order valence-corrected chi connectivity index (χ2v) is 7.90. The number of amides is 1. The van der Waals surface area contributed by atoms with Gasteiger partial charge in [-0.2, -0.15) is 0 Å². The molecule has 26 heavy (non-hydrogen) atoms. The molecule has 2 aliphatic rings. The van der Waals surface area contributed by atoms with Crippen LogP contribution in [0.5, 0.6) is 11.5 Å². The van der Waals surface area contributed by atoms with Gasteiger partial charge in [0.25, 0.3) is 5.91 Å². The van der Waals surface area contributed by atoms with E-state index in [1.165, 1.54) is 11.8 Å². The van der Waals surface area contributed by atoms with Gasteiger partial charge in [-0.15, -0.1) is 0 Å². The van der Waals surface area contributed by atoms with Gasteiger partial charge < -0.3 is 14.2 Å². The fraction of sp³-hybridized carbons (Fsp3) is 0.474. The average Bonchev–Trinajstić information content (AvgIpc) is 3.22. The van der Waals surface area contributed by atoms with Crippen molar-refractivity contribution in [2.45, 2.75) is 32.8 Å². The summed E-state index contributed by atoms with van der Waals surface area (Å²) in [7, 11) is 1.62. The van der Waals surface area contributed by atoms with Crippen molar-refractivity contribution >= 4 is 40.3 Å². The summed E-state index contributed by atoms with van der Waals surface area (Å²) in [6, 6.07) is 3.83. The first-order valence-electron chi connectivity index (χ1n) is 8.72. The summed E-state index contributed by atoms with van der Waals surface area (Å²) < 4.78 is 17.2. The van der Waals surface area contributed by atoms with E-state index in [0.29, 0.717) is 33.9 Å². The number of ether oxygens (including phenoxy) is 3. The second-order valence-electron chi connectivity index (χ2n) is 6.22. The van der Waals surface area contributed by atoms with Crippen LogP contribution in [0.25, 0.3) is 6.08 Å². The number of benzene rings is 1. The molecule has 2 saturated heterocycles. The van der Waals surface area contributed by atoms with Gasteiger partial charge in [-0.1, -0.05) is 24.0 Å². The summed E-state index contributed by atoms with van der Waals surface area (Å²) in [5, 5.41) is 0. The third kappa shape index (κ3) is 4.05. The molecule has 0 saturated carbocycles.